The minimum absolute atomic E-state index is 0.581. The molecular formula is C16H27N. The van der Waals surface area contributed by atoms with Crippen molar-refractivity contribution in [3.8, 4) is 0 Å². The molecule has 0 saturated carbocycles. The van der Waals surface area contributed by atoms with Crippen molar-refractivity contribution in [3.05, 3.63) is 29.3 Å². The van der Waals surface area contributed by atoms with Crippen LogP contribution < -0.4 is 5.32 Å². The summed E-state index contributed by atoms with van der Waals surface area (Å²) in [6.45, 7) is 12.4. The van der Waals surface area contributed by atoms with Crippen LogP contribution in [-0.2, 0) is 0 Å². The van der Waals surface area contributed by atoms with Gasteiger partial charge in [-0.1, -0.05) is 59.2 Å². The fourth-order valence-corrected chi connectivity index (χ4v) is 2.15. The van der Waals surface area contributed by atoms with Crippen molar-refractivity contribution in [1.82, 2.24) is 0 Å². The van der Waals surface area contributed by atoms with Gasteiger partial charge in [-0.25, -0.2) is 0 Å². The molecule has 0 fully saturated rings. The highest BCUT2D eigenvalue weighted by molar-refractivity contribution is 5.60. The van der Waals surface area contributed by atoms with Crippen LogP contribution in [0.15, 0.2) is 18.2 Å². The number of benzene rings is 1. The summed E-state index contributed by atoms with van der Waals surface area (Å²) in [5, 5.41) is 3.65. The Morgan fingerprint density at radius 2 is 1.53 bits per heavy atom. The predicted octanol–water partition coefficient (Wildman–Crippen LogP) is 5.15. The summed E-state index contributed by atoms with van der Waals surface area (Å²) < 4.78 is 0. The van der Waals surface area contributed by atoms with Gasteiger partial charge in [0.25, 0.3) is 0 Å². The first-order valence-electron chi connectivity index (χ1n) is 6.94. The average Bonchev–Trinajstić information content (AvgIpc) is 2.28. The standard InChI is InChI=1S/C16H27N/c1-6-7-11-17-16-14(12(2)3)9-8-10-15(16)13(4)5/h8-10,12-13,17H,6-7,11H2,1-5H3. The van der Waals surface area contributed by atoms with E-state index in [2.05, 4.69) is 58.1 Å². The second-order valence-corrected chi connectivity index (χ2v) is 5.40. The lowest BCUT2D eigenvalue weighted by Gasteiger charge is -2.20. The van der Waals surface area contributed by atoms with E-state index < -0.39 is 0 Å². The third-order valence-corrected chi connectivity index (χ3v) is 3.21. The Labute approximate surface area is 107 Å². The number of para-hydroxylation sites is 1. The number of hydrogen-bond donors (Lipinski definition) is 1. The van der Waals surface area contributed by atoms with Crippen molar-refractivity contribution in [2.75, 3.05) is 11.9 Å². The van der Waals surface area contributed by atoms with Crippen LogP contribution in [-0.4, -0.2) is 6.54 Å². The largest absolute Gasteiger partial charge is 0.385 e. The second kappa shape index (κ2) is 6.68. The minimum atomic E-state index is 0.581. The van der Waals surface area contributed by atoms with Gasteiger partial charge >= 0.3 is 0 Å². The molecule has 0 unspecified atom stereocenters. The van der Waals surface area contributed by atoms with E-state index in [-0.39, 0.29) is 0 Å². The Morgan fingerprint density at radius 3 is 1.94 bits per heavy atom. The van der Waals surface area contributed by atoms with Gasteiger partial charge in [0.05, 0.1) is 0 Å². The van der Waals surface area contributed by atoms with Crippen LogP contribution in [0.25, 0.3) is 0 Å². The van der Waals surface area contributed by atoms with Crippen molar-refractivity contribution in [2.45, 2.75) is 59.3 Å². The summed E-state index contributed by atoms with van der Waals surface area (Å²) in [5.41, 5.74) is 4.28. The molecule has 17 heavy (non-hydrogen) atoms. The summed E-state index contributed by atoms with van der Waals surface area (Å²) in [6.07, 6.45) is 2.48. The lowest BCUT2D eigenvalue weighted by molar-refractivity contribution is 0.807. The molecule has 0 bridgehead atoms. The molecule has 0 amide bonds. The first-order valence-corrected chi connectivity index (χ1v) is 6.94. The van der Waals surface area contributed by atoms with E-state index in [1.807, 2.05) is 0 Å². The maximum absolute atomic E-state index is 3.65. The first kappa shape index (κ1) is 14.1. The molecule has 0 radical (unpaired) electrons. The number of rotatable bonds is 6. The third-order valence-electron chi connectivity index (χ3n) is 3.21. The molecular weight excluding hydrogens is 206 g/mol. The van der Waals surface area contributed by atoms with Crippen molar-refractivity contribution >= 4 is 5.69 Å². The number of unbranched alkanes of at least 4 members (excludes halogenated alkanes) is 1. The quantitative estimate of drug-likeness (QED) is 0.670. The van der Waals surface area contributed by atoms with Crippen LogP contribution >= 0.6 is 0 Å². The zero-order valence-corrected chi connectivity index (χ0v) is 12.0. The minimum Gasteiger partial charge on any atom is -0.385 e. The van der Waals surface area contributed by atoms with E-state index in [4.69, 9.17) is 0 Å². The molecule has 1 nitrogen and oxygen atoms in total. The average molecular weight is 233 g/mol. The van der Waals surface area contributed by atoms with Crippen molar-refractivity contribution in [2.24, 2.45) is 0 Å². The topological polar surface area (TPSA) is 12.0 Å². The monoisotopic (exact) mass is 233 g/mol. The van der Waals surface area contributed by atoms with Gasteiger partial charge in [-0.05, 0) is 29.4 Å². The van der Waals surface area contributed by atoms with Crippen LogP contribution in [0.4, 0.5) is 5.69 Å². The lowest BCUT2D eigenvalue weighted by Crippen LogP contribution is -2.08. The van der Waals surface area contributed by atoms with Gasteiger partial charge in [0.15, 0.2) is 0 Å². The summed E-state index contributed by atoms with van der Waals surface area (Å²) in [6, 6.07) is 6.70. The van der Waals surface area contributed by atoms with Gasteiger partial charge in [-0.15, -0.1) is 0 Å². The molecule has 0 saturated heterocycles. The van der Waals surface area contributed by atoms with E-state index in [1.165, 1.54) is 29.7 Å². The Morgan fingerprint density at radius 1 is 1.00 bits per heavy atom. The molecule has 0 aromatic heterocycles. The number of nitrogens with one attached hydrogen (secondary N) is 1. The summed E-state index contributed by atoms with van der Waals surface area (Å²) in [4.78, 5) is 0. The van der Waals surface area contributed by atoms with Gasteiger partial charge in [-0.3, -0.25) is 0 Å². The van der Waals surface area contributed by atoms with E-state index in [0.717, 1.165) is 6.54 Å². The predicted molar refractivity (Wildman–Crippen MR) is 78.0 cm³/mol. The smallest absolute Gasteiger partial charge is 0.0410 e. The van der Waals surface area contributed by atoms with E-state index in [0.29, 0.717) is 11.8 Å². The molecule has 1 aromatic rings. The van der Waals surface area contributed by atoms with E-state index in [9.17, 15) is 0 Å². The fourth-order valence-electron chi connectivity index (χ4n) is 2.15. The van der Waals surface area contributed by atoms with Crippen LogP contribution in [0.1, 0.15) is 70.4 Å². The van der Waals surface area contributed by atoms with Crippen molar-refractivity contribution < 1.29 is 0 Å². The Bertz CT molecular complexity index is 313. The van der Waals surface area contributed by atoms with E-state index in [1.54, 1.807) is 0 Å². The maximum atomic E-state index is 3.65. The molecule has 1 aromatic carbocycles. The lowest BCUT2D eigenvalue weighted by atomic mass is 9.92. The Hall–Kier alpha value is -0.980. The molecule has 0 atom stereocenters. The Balaban J connectivity index is 3.01. The number of anilines is 1. The van der Waals surface area contributed by atoms with Crippen LogP contribution in [0.5, 0.6) is 0 Å². The molecule has 0 aliphatic rings. The molecule has 0 heterocycles. The van der Waals surface area contributed by atoms with Gasteiger partial charge < -0.3 is 5.32 Å². The highest BCUT2D eigenvalue weighted by atomic mass is 14.9. The van der Waals surface area contributed by atoms with E-state index >= 15 is 0 Å². The zero-order chi connectivity index (χ0) is 12.8. The molecule has 0 aliphatic heterocycles. The second-order valence-electron chi connectivity index (χ2n) is 5.40. The summed E-state index contributed by atoms with van der Waals surface area (Å²) >= 11 is 0. The van der Waals surface area contributed by atoms with Crippen LogP contribution in [0.3, 0.4) is 0 Å². The highest BCUT2D eigenvalue weighted by Crippen LogP contribution is 2.32. The summed E-state index contributed by atoms with van der Waals surface area (Å²) in [7, 11) is 0. The van der Waals surface area contributed by atoms with Crippen LogP contribution in [0.2, 0.25) is 0 Å². The molecule has 1 heteroatoms. The third kappa shape index (κ3) is 3.76. The molecule has 0 aliphatic carbocycles. The van der Waals surface area contributed by atoms with Gasteiger partial charge in [-0.2, -0.15) is 0 Å². The molecule has 1 rings (SSSR count). The molecule has 1 N–H and O–H groups in total. The number of hydrogen-bond acceptors (Lipinski definition) is 1. The zero-order valence-electron chi connectivity index (χ0n) is 12.0. The van der Waals surface area contributed by atoms with Gasteiger partial charge in [0.1, 0.15) is 0 Å². The highest BCUT2D eigenvalue weighted by Gasteiger charge is 2.12. The maximum Gasteiger partial charge on any atom is 0.0410 e. The van der Waals surface area contributed by atoms with Crippen LogP contribution in [0, 0.1) is 0 Å². The molecule has 96 valence electrons. The first-order chi connectivity index (χ1) is 8.07. The fraction of sp³-hybridized carbons (Fsp3) is 0.625. The molecule has 0 spiro atoms. The SMILES string of the molecule is CCCCNc1c(C(C)C)cccc1C(C)C. The summed E-state index contributed by atoms with van der Waals surface area (Å²) in [5.74, 6) is 1.16. The normalized spacial score (nSPS) is 11.2. The van der Waals surface area contributed by atoms with Gasteiger partial charge in [0.2, 0.25) is 0 Å². The van der Waals surface area contributed by atoms with Crippen molar-refractivity contribution in [1.29, 1.82) is 0 Å². The van der Waals surface area contributed by atoms with Gasteiger partial charge in [0, 0.05) is 12.2 Å². The van der Waals surface area contributed by atoms with Crippen molar-refractivity contribution in [3.63, 3.8) is 0 Å². The Kier molecular flexibility index (Phi) is 5.54.